The third kappa shape index (κ3) is 5.87. The van der Waals surface area contributed by atoms with Crippen molar-refractivity contribution in [1.29, 1.82) is 0 Å². The van der Waals surface area contributed by atoms with Gasteiger partial charge in [-0.15, -0.1) is 0 Å². The van der Waals surface area contributed by atoms with Crippen molar-refractivity contribution in [3.8, 4) is 0 Å². The third-order valence-corrected chi connectivity index (χ3v) is 1.14. The molecule has 0 heterocycles. The molecule has 8 heavy (non-hydrogen) atoms. The topological polar surface area (TPSA) is 66.1 Å². The second kappa shape index (κ2) is 2.43. The van der Waals surface area contributed by atoms with Gasteiger partial charge in [0.05, 0.1) is 0 Å². The van der Waals surface area contributed by atoms with Crippen LogP contribution < -0.4 is 4.72 Å². The van der Waals surface area contributed by atoms with Crippen LogP contribution in [0.4, 0.5) is 0 Å². The molecular formula is C3H8NO3S. The van der Waals surface area contributed by atoms with Crippen LogP contribution in [0.1, 0.15) is 13.8 Å². The summed E-state index contributed by atoms with van der Waals surface area (Å²) in [6.07, 6.45) is 0. The van der Waals surface area contributed by atoms with E-state index in [9.17, 15) is 13.0 Å². The first-order valence-electron chi connectivity index (χ1n) is 2.15. The van der Waals surface area contributed by atoms with Crippen molar-refractivity contribution in [3.05, 3.63) is 0 Å². The Hall–Kier alpha value is -0.130. The van der Waals surface area contributed by atoms with Crippen LogP contribution >= 0.6 is 0 Å². The summed E-state index contributed by atoms with van der Waals surface area (Å²) in [5.74, 6) is 0. The molecule has 0 aliphatic carbocycles. The van der Waals surface area contributed by atoms with Gasteiger partial charge < -0.3 is 0 Å². The molecule has 49 valence electrons. The monoisotopic (exact) mass is 138 g/mol. The molecule has 5 heteroatoms. The Balaban J connectivity index is 3.75. The van der Waals surface area contributed by atoms with E-state index in [2.05, 4.69) is 0 Å². The van der Waals surface area contributed by atoms with Crippen LogP contribution in [0.2, 0.25) is 0 Å². The summed E-state index contributed by atoms with van der Waals surface area (Å²) >= 11 is 0. The summed E-state index contributed by atoms with van der Waals surface area (Å²) in [5.41, 5.74) is 0. The molecule has 0 spiro atoms. The van der Waals surface area contributed by atoms with Crippen molar-refractivity contribution < 1.29 is 13.0 Å². The lowest BCUT2D eigenvalue weighted by atomic mass is 10.4. The molecule has 0 atom stereocenters. The molecule has 0 aromatic heterocycles. The van der Waals surface area contributed by atoms with Crippen LogP contribution in [0.3, 0.4) is 0 Å². The van der Waals surface area contributed by atoms with E-state index in [1.807, 2.05) is 0 Å². The molecule has 4 nitrogen and oxygen atoms in total. The Bertz CT molecular complexity index is 148. The van der Waals surface area contributed by atoms with Crippen LogP contribution in [-0.2, 0) is 14.9 Å². The molecule has 0 amide bonds. The molecule has 0 bridgehead atoms. The molecule has 0 aromatic carbocycles. The lowest BCUT2D eigenvalue weighted by Crippen LogP contribution is -2.28. The van der Waals surface area contributed by atoms with E-state index in [0.29, 0.717) is 0 Å². The van der Waals surface area contributed by atoms with E-state index in [4.69, 9.17) is 0 Å². The molecule has 1 radical (unpaired) electrons. The van der Waals surface area contributed by atoms with Crippen LogP contribution in [0.25, 0.3) is 0 Å². The highest BCUT2D eigenvalue weighted by molar-refractivity contribution is 7.83. The zero-order chi connectivity index (χ0) is 6.78. The summed E-state index contributed by atoms with van der Waals surface area (Å²) < 4.78 is 31.1. The quantitative estimate of drug-likeness (QED) is 0.567. The van der Waals surface area contributed by atoms with Crippen molar-refractivity contribution in [1.82, 2.24) is 4.72 Å². The average molecular weight is 138 g/mol. The number of nitrogens with one attached hydrogen (secondary N) is 1. The molecule has 0 aromatic rings. The predicted molar refractivity (Wildman–Crippen MR) is 27.9 cm³/mol. The van der Waals surface area contributed by atoms with Crippen LogP contribution in [-0.4, -0.2) is 14.5 Å². The highest BCUT2D eigenvalue weighted by atomic mass is 32.2. The van der Waals surface area contributed by atoms with Crippen LogP contribution in [0.5, 0.6) is 0 Å². The lowest BCUT2D eigenvalue weighted by molar-refractivity contribution is 0.396. The first-order valence-corrected chi connectivity index (χ1v) is 3.56. The van der Waals surface area contributed by atoms with Crippen molar-refractivity contribution in [2.45, 2.75) is 19.9 Å². The third-order valence-electron chi connectivity index (χ3n) is 0.380. The predicted octanol–water partition coefficient (Wildman–Crippen LogP) is -0.340. The van der Waals surface area contributed by atoms with Gasteiger partial charge >= 0.3 is 10.3 Å². The lowest BCUT2D eigenvalue weighted by Gasteiger charge is -1.99. The van der Waals surface area contributed by atoms with Crippen LogP contribution in [0, 0.1) is 0 Å². The zero-order valence-corrected chi connectivity index (χ0v) is 5.53. The Morgan fingerprint density at radius 2 is 1.75 bits per heavy atom. The normalized spacial score (nSPS) is 12.5. The molecule has 0 aliphatic rings. The van der Waals surface area contributed by atoms with Crippen molar-refractivity contribution >= 4 is 10.3 Å². The summed E-state index contributed by atoms with van der Waals surface area (Å²) in [7, 11) is -4.22. The van der Waals surface area contributed by atoms with E-state index in [1.54, 1.807) is 18.6 Å². The Kier molecular flexibility index (Phi) is 2.39. The molecule has 0 unspecified atom stereocenters. The minimum atomic E-state index is -4.22. The molecule has 0 fully saturated rings. The van der Waals surface area contributed by atoms with E-state index >= 15 is 0 Å². The summed E-state index contributed by atoms with van der Waals surface area (Å²) in [5, 5.41) is 0. The van der Waals surface area contributed by atoms with Gasteiger partial charge in [-0.2, -0.15) is 13.1 Å². The van der Waals surface area contributed by atoms with Gasteiger partial charge in [0.2, 0.25) is 0 Å². The minimum absolute atomic E-state index is 0.308. The van der Waals surface area contributed by atoms with Crippen LogP contribution in [0.15, 0.2) is 0 Å². The van der Waals surface area contributed by atoms with E-state index in [-0.39, 0.29) is 6.04 Å². The SMILES string of the molecule is CC(C)NS([O])(=O)=O. The molecule has 0 rings (SSSR count). The van der Waals surface area contributed by atoms with E-state index in [0.717, 1.165) is 0 Å². The number of rotatable bonds is 2. The summed E-state index contributed by atoms with van der Waals surface area (Å²) in [6, 6.07) is -0.308. The van der Waals surface area contributed by atoms with Gasteiger partial charge in [0.1, 0.15) is 0 Å². The van der Waals surface area contributed by atoms with E-state index in [1.165, 1.54) is 0 Å². The fourth-order valence-corrected chi connectivity index (χ4v) is 0.866. The maximum Gasteiger partial charge on any atom is 0.363 e. The highest BCUT2D eigenvalue weighted by Gasteiger charge is 2.05. The number of hydrogen-bond donors (Lipinski definition) is 1. The number of hydrogen-bond acceptors (Lipinski definition) is 2. The maximum absolute atomic E-state index is 9.78. The van der Waals surface area contributed by atoms with Gasteiger partial charge in [0.15, 0.2) is 0 Å². The minimum Gasteiger partial charge on any atom is -0.187 e. The first kappa shape index (κ1) is 7.87. The molecule has 0 aliphatic heterocycles. The second-order valence-electron chi connectivity index (χ2n) is 1.73. The Morgan fingerprint density at radius 3 is 1.75 bits per heavy atom. The van der Waals surface area contributed by atoms with Gasteiger partial charge in [0, 0.05) is 6.04 Å². The van der Waals surface area contributed by atoms with Gasteiger partial charge in [-0.05, 0) is 13.8 Å². The second-order valence-corrected chi connectivity index (χ2v) is 2.87. The standard InChI is InChI=1S/C3H8NO3S/c1-3(2)4-8(5,6)7/h3-4H,1-2H3. The summed E-state index contributed by atoms with van der Waals surface area (Å²) in [4.78, 5) is 0. The smallest absolute Gasteiger partial charge is 0.187 e. The average Bonchev–Trinajstić information content (AvgIpc) is 1.21. The van der Waals surface area contributed by atoms with Crippen molar-refractivity contribution in [2.75, 3.05) is 0 Å². The summed E-state index contributed by atoms with van der Waals surface area (Å²) in [6.45, 7) is 3.16. The Morgan fingerprint density at radius 1 is 1.38 bits per heavy atom. The first-order chi connectivity index (χ1) is 3.42. The Labute approximate surface area is 48.8 Å². The van der Waals surface area contributed by atoms with Crippen molar-refractivity contribution in [2.24, 2.45) is 0 Å². The molecule has 0 saturated carbocycles. The largest absolute Gasteiger partial charge is 0.363 e. The molecule has 0 saturated heterocycles. The fraction of sp³-hybridized carbons (Fsp3) is 1.00. The highest BCUT2D eigenvalue weighted by Crippen LogP contribution is 1.80. The van der Waals surface area contributed by atoms with Gasteiger partial charge in [-0.3, -0.25) is 0 Å². The molecular weight excluding hydrogens is 130 g/mol. The zero-order valence-electron chi connectivity index (χ0n) is 4.71. The van der Waals surface area contributed by atoms with Gasteiger partial charge in [-0.1, -0.05) is 4.55 Å². The van der Waals surface area contributed by atoms with E-state index < -0.39 is 10.3 Å². The van der Waals surface area contributed by atoms with Gasteiger partial charge in [0.25, 0.3) is 0 Å². The fourth-order valence-electron chi connectivity index (χ4n) is 0.289. The van der Waals surface area contributed by atoms with Gasteiger partial charge in [-0.25, -0.2) is 0 Å². The molecule has 1 N–H and O–H groups in total. The van der Waals surface area contributed by atoms with Crippen molar-refractivity contribution in [3.63, 3.8) is 0 Å². The maximum atomic E-state index is 9.78.